The zero-order valence-electron chi connectivity index (χ0n) is 8.80. The maximum absolute atomic E-state index is 11.6. The second kappa shape index (κ2) is 4.09. The van der Waals surface area contributed by atoms with E-state index < -0.39 is 6.10 Å². The van der Waals surface area contributed by atoms with Gasteiger partial charge in [0.15, 0.2) is 17.0 Å². The predicted octanol–water partition coefficient (Wildman–Crippen LogP) is 1.62. The Morgan fingerprint density at radius 1 is 1.69 bits per heavy atom. The third-order valence-electron chi connectivity index (χ3n) is 2.39. The van der Waals surface area contributed by atoms with Gasteiger partial charge in [-0.3, -0.25) is 9.59 Å². The van der Waals surface area contributed by atoms with E-state index in [-0.39, 0.29) is 18.2 Å². The Bertz CT molecular complexity index is 452. The second-order valence-electron chi connectivity index (χ2n) is 3.46. The summed E-state index contributed by atoms with van der Waals surface area (Å²) < 4.78 is 5.50. The van der Waals surface area contributed by atoms with Crippen LogP contribution in [0.4, 0.5) is 5.69 Å². The lowest BCUT2D eigenvalue weighted by atomic mass is 10.2. The maximum atomic E-state index is 11.6. The van der Waals surface area contributed by atoms with Crippen molar-refractivity contribution in [1.29, 1.82) is 0 Å². The molecule has 0 aromatic carbocycles. The van der Waals surface area contributed by atoms with E-state index >= 15 is 0 Å². The van der Waals surface area contributed by atoms with Crippen molar-refractivity contribution in [2.24, 2.45) is 0 Å². The van der Waals surface area contributed by atoms with Gasteiger partial charge in [-0.05, 0) is 24.4 Å². The smallest absolute Gasteiger partial charge is 0.250 e. The lowest BCUT2D eigenvalue weighted by Gasteiger charge is -2.30. The summed E-state index contributed by atoms with van der Waals surface area (Å²) in [5, 5.41) is 2.44. The normalized spacial score (nSPS) is 18.6. The lowest BCUT2D eigenvalue weighted by Crippen LogP contribution is -2.45. The quantitative estimate of drug-likeness (QED) is 0.734. The Hall–Kier alpha value is -1.62. The number of hydrogen-bond acceptors (Lipinski definition) is 4. The number of amides is 1. The molecule has 0 radical (unpaired) electrons. The maximum Gasteiger partial charge on any atom is 0.250 e. The molecule has 0 spiro atoms. The van der Waals surface area contributed by atoms with Crippen molar-refractivity contribution in [2.75, 3.05) is 11.4 Å². The molecule has 2 heterocycles. The van der Waals surface area contributed by atoms with Crippen LogP contribution in [-0.2, 0) is 9.59 Å². The van der Waals surface area contributed by atoms with Gasteiger partial charge in [0, 0.05) is 0 Å². The van der Waals surface area contributed by atoms with Gasteiger partial charge >= 0.3 is 0 Å². The molecule has 1 aliphatic rings. The second-order valence-corrected chi connectivity index (χ2v) is 4.34. The number of Topliss-reactive ketones (excluding diaryl/α,β-unsaturated/α-hetero) is 1. The first kappa shape index (κ1) is 10.9. The minimum Gasteiger partial charge on any atom is -0.469 e. The van der Waals surface area contributed by atoms with Crippen LogP contribution >= 0.6 is 11.3 Å². The SMILES string of the molecule is C=CC(=O)N1CC(C(C)=O)Oc2sccc21. The number of anilines is 1. The summed E-state index contributed by atoms with van der Waals surface area (Å²) in [4.78, 5) is 24.5. The molecule has 0 fully saturated rings. The van der Waals surface area contributed by atoms with Crippen molar-refractivity contribution in [3.63, 3.8) is 0 Å². The standard InChI is InChI=1S/C11H11NO3S/c1-3-10(14)12-6-9(7(2)13)15-11-8(12)4-5-16-11/h3-5,9H,1,6H2,2H3. The molecule has 4 nitrogen and oxygen atoms in total. The highest BCUT2D eigenvalue weighted by Gasteiger charge is 2.31. The van der Waals surface area contributed by atoms with Crippen molar-refractivity contribution in [1.82, 2.24) is 0 Å². The van der Waals surface area contributed by atoms with Crippen LogP contribution in [0.25, 0.3) is 0 Å². The molecule has 0 saturated carbocycles. The largest absolute Gasteiger partial charge is 0.469 e. The summed E-state index contributed by atoms with van der Waals surface area (Å²) in [6.07, 6.45) is 0.666. The molecule has 5 heteroatoms. The number of hydrogen-bond donors (Lipinski definition) is 0. The third-order valence-corrected chi connectivity index (χ3v) is 3.18. The number of carbonyl (C=O) groups excluding carboxylic acids is 2. The molecule has 0 saturated heterocycles. The first-order valence-electron chi connectivity index (χ1n) is 4.82. The summed E-state index contributed by atoms with van der Waals surface area (Å²) in [5.41, 5.74) is 0.715. The number of fused-ring (bicyclic) bond motifs is 1. The van der Waals surface area contributed by atoms with E-state index in [1.54, 1.807) is 6.07 Å². The summed E-state index contributed by atoms with van der Waals surface area (Å²) in [5.74, 6) is -0.296. The summed E-state index contributed by atoms with van der Waals surface area (Å²) in [6.45, 7) is 5.16. The average Bonchev–Trinajstić information content (AvgIpc) is 2.74. The highest BCUT2D eigenvalue weighted by atomic mass is 32.1. The molecular formula is C11H11NO3S. The van der Waals surface area contributed by atoms with E-state index in [0.717, 1.165) is 0 Å². The molecule has 0 N–H and O–H groups in total. The van der Waals surface area contributed by atoms with Gasteiger partial charge in [0.25, 0.3) is 5.91 Å². The van der Waals surface area contributed by atoms with Gasteiger partial charge in [-0.1, -0.05) is 6.58 Å². The van der Waals surface area contributed by atoms with Crippen LogP contribution in [0.15, 0.2) is 24.1 Å². The van der Waals surface area contributed by atoms with E-state index in [1.165, 1.54) is 29.2 Å². The number of nitrogens with zero attached hydrogens (tertiary/aromatic N) is 1. The average molecular weight is 237 g/mol. The molecule has 1 aromatic heterocycles. The molecule has 1 atom stereocenters. The number of ether oxygens (including phenoxy) is 1. The lowest BCUT2D eigenvalue weighted by molar-refractivity contribution is -0.123. The van der Waals surface area contributed by atoms with E-state index in [9.17, 15) is 9.59 Å². The molecule has 0 aliphatic carbocycles. The van der Waals surface area contributed by atoms with Crippen molar-refractivity contribution in [3.8, 4) is 5.06 Å². The minimum absolute atomic E-state index is 0.0825. The molecular weight excluding hydrogens is 226 g/mol. The number of rotatable bonds is 2. The van der Waals surface area contributed by atoms with Crippen LogP contribution in [0, 0.1) is 0 Å². The summed E-state index contributed by atoms with van der Waals surface area (Å²) in [6, 6.07) is 1.80. The Balaban J connectivity index is 2.36. The molecule has 1 amide bonds. The van der Waals surface area contributed by atoms with Crippen molar-refractivity contribution in [3.05, 3.63) is 24.1 Å². The molecule has 2 rings (SSSR count). The Labute approximate surface area is 97.1 Å². The fourth-order valence-corrected chi connectivity index (χ4v) is 2.33. The molecule has 1 aromatic rings. The topological polar surface area (TPSA) is 46.6 Å². The molecule has 1 aliphatic heterocycles. The highest BCUT2D eigenvalue weighted by molar-refractivity contribution is 7.12. The van der Waals surface area contributed by atoms with Crippen LogP contribution in [0.1, 0.15) is 6.92 Å². The van der Waals surface area contributed by atoms with E-state index in [0.29, 0.717) is 10.8 Å². The van der Waals surface area contributed by atoms with Gasteiger partial charge < -0.3 is 9.64 Å². The number of carbonyl (C=O) groups is 2. The monoisotopic (exact) mass is 237 g/mol. The van der Waals surface area contributed by atoms with E-state index in [2.05, 4.69) is 6.58 Å². The Kier molecular flexibility index (Phi) is 2.78. The first-order chi connectivity index (χ1) is 7.63. The highest BCUT2D eigenvalue weighted by Crippen LogP contribution is 2.38. The molecule has 0 bridgehead atoms. The predicted molar refractivity (Wildman–Crippen MR) is 62.0 cm³/mol. The first-order valence-corrected chi connectivity index (χ1v) is 5.70. The van der Waals surface area contributed by atoms with E-state index in [1.807, 2.05) is 5.38 Å². The zero-order chi connectivity index (χ0) is 11.7. The van der Waals surface area contributed by atoms with Crippen LogP contribution in [0.5, 0.6) is 5.06 Å². The van der Waals surface area contributed by atoms with Gasteiger partial charge in [0.05, 0.1) is 12.2 Å². The van der Waals surface area contributed by atoms with Crippen LogP contribution < -0.4 is 9.64 Å². The summed E-state index contributed by atoms with van der Waals surface area (Å²) >= 11 is 1.38. The van der Waals surface area contributed by atoms with Gasteiger partial charge in [0.1, 0.15) is 0 Å². The van der Waals surface area contributed by atoms with Crippen molar-refractivity contribution in [2.45, 2.75) is 13.0 Å². The van der Waals surface area contributed by atoms with Gasteiger partial charge in [-0.2, -0.15) is 0 Å². The summed E-state index contributed by atoms with van der Waals surface area (Å²) in [7, 11) is 0. The van der Waals surface area contributed by atoms with Crippen LogP contribution in [-0.4, -0.2) is 24.3 Å². The zero-order valence-corrected chi connectivity index (χ0v) is 9.62. The van der Waals surface area contributed by atoms with Gasteiger partial charge in [-0.25, -0.2) is 0 Å². The molecule has 1 unspecified atom stereocenters. The fourth-order valence-electron chi connectivity index (χ4n) is 1.54. The van der Waals surface area contributed by atoms with Gasteiger partial charge in [-0.15, -0.1) is 11.3 Å². The van der Waals surface area contributed by atoms with Gasteiger partial charge in [0.2, 0.25) is 0 Å². The minimum atomic E-state index is -0.574. The number of thiophene rings is 1. The van der Waals surface area contributed by atoms with E-state index in [4.69, 9.17) is 4.74 Å². The Morgan fingerprint density at radius 3 is 3.06 bits per heavy atom. The Morgan fingerprint density at radius 2 is 2.44 bits per heavy atom. The van der Waals surface area contributed by atoms with Crippen LogP contribution in [0.3, 0.4) is 0 Å². The van der Waals surface area contributed by atoms with Crippen molar-refractivity contribution >= 4 is 28.7 Å². The fraction of sp³-hybridized carbons (Fsp3) is 0.273. The van der Waals surface area contributed by atoms with Crippen molar-refractivity contribution < 1.29 is 14.3 Å². The third kappa shape index (κ3) is 1.74. The molecule has 16 heavy (non-hydrogen) atoms. The number of ketones is 1. The van der Waals surface area contributed by atoms with Crippen LogP contribution in [0.2, 0.25) is 0 Å². The molecule has 84 valence electrons.